The van der Waals surface area contributed by atoms with Crippen LogP contribution in [0.4, 0.5) is 0 Å². The first-order chi connectivity index (χ1) is 5.36. The fraction of sp³-hybridized carbons (Fsp3) is 0.625. The summed E-state index contributed by atoms with van der Waals surface area (Å²) in [4.78, 5) is 4.43. The zero-order chi connectivity index (χ0) is 8.10. The van der Waals surface area contributed by atoms with E-state index in [1.165, 1.54) is 17.1 Å². The second-order valence-corrected chi connectivity index (χ2v) is 3.46. The maximum atomic E-state index is 5.41. The number of aryl methyl sites for hydroxylation is 1. The highest BCUT2D eigenvalue weighted by Crippen LogP contribution is 2.11. The highest BCUT2D eigenvalue weighted by atomic mass is 32.1. The van der Waals surface area contributed by atoms with E-state index in [0.29, 0.717) is 6.54 Å². The van der Waals surface area contributed by atoms with Crippen LogP contribution in [0.15, 0.2) is 5.38 Å². The van der Waals surface area contributed by atoms with Gasteiger partial charge < -0.3 is 5.73 Å². The Labute approximate surface area is 71.5 Å². The molecule has 0 saturated carbocycles. The zero-order valence-corrected chi connectivity index (χ0v) is 7.66. The van der Waals surface area contributed by atoms with Crippen molar-refractivity contribution in [3.63, 3.8) is 0 Å². The van der Waals surface area contributed by atoms with Gasteiger partial charge in [0.25, 0.3) is 0 Å². The molecule has 2 N–H and O–H groups in total. The molecule has 0 bridgehead atoms. The molecule has 11 heavy (non-hydrogen) atoms. The topological polar surface area (TPSA) is 38.9 Å². The summed E-state index contributed by atoms with van der Waals surface area (Å²) in [5.41, 5.74) is 6.63. The smallest absolute Gasteiger partial charge is 0.0940 e. The van der Waals surface area contributed by atoms with E-state index in [9.17, 15) is 0 Å². The van der Waals surface area contributed by atoms with E-state index in [1.54, 1.807) is 11.3 Å². The molecule has 62 valence electrons. The molecule has 0 aliphatic heterocycles. The lowest BCUT2D eigenvalue weighted by Crippen LogP contribution is -2.02. The molecule has 0 unspecified atom stereocenters. The number of hydrogen-bond donors (Lipinski definition) is 1. The molecular weight excluding hydrogens is 156 g/mol. The minimum atomic E-state index is 0.707. The predicted molar refractivity (Wildman–Crippen MR) is 48.9 cm³/mol. The van der Waals surface area contributed by atoms with Crippen molar-refractivity contribution in [2.24, 2.45) is 5.73 Å². The van der Waals surface area contributed by atoms with Crippen LogP contribution in [0.1, 0.15) is 24.0 Å². The van der Waals surface area contributed by atoms with E-state index in [4.69, 9.17) is 5.73 Å². The summed E-state index contributed by atoms with van der Waals surface area (Å²) in [5.74, 6) is 0. The summed E-state index contributed by atoms with van der Waals surface area (Å²) < 4.78 is 0. The van der Waals surface area contributed by atoms with Gasteiger partial charge in [-0.3, -0.25) is 0 Å². The van der Waals surface area contributed by atoms with Crippen molar-refractivity contribution in [2.75, 3.05) is 6.54 Å². The summed E-state index contributed by atoms with van der Waals surface area (Å²) in [6.07, 6.45) is 3.20. The van der Waals surface area contributed by atoms with E-state index in [0.717, 1.165) is 12.8 Å². The Bertz CT molecular complexity index is 187. The summed E-state index contributed by atoms with van der Waals surface area (Å²) in [5, 5.41) is 3.31. The maximum absolute atomic E-state index is 5.41. The van der Waals surface area contributed by atoms with Crippen molar-refractivity contribution in [3.05, 3.63) is 16.1 Å². The SMILES string of the molecule is CCCc1csc(CCN)n1. The van der Waals surface area contributed by atoms with Crippen molar-refractivity contribution >= 4 is 11.3 Å². The minimum Gasteiger partial charge on any atom is -0.330 e. The number of nitrogens with zero attached hydrogens (tertiary/aromatic N) is 1. The molecular formula is C8H14N2S. The quantitative estimate of drug-likeness (QED) is 0.745. The lowest BCUT2D eigenvalue weighted by Gasteiger charge is -1.89. The number of aromatic nitrogens is 1. The second kappa shape index (κ2) is 4.46. The molecule has 0 amide bonds. The van der Waals surface area contributed by atoms with Crippen LogP contribution < -0.4 is 5.73 Å². The molecule has 1 heterocycles. The van der Waals surface area contributed by atoms with Crippen molar-refractivity contribution < 1.29 is 0 Å². The first kappa shape index (κ1) is 8.68. The highest BCUT2D eigenvalue weighted by Gasteiger charge is 1.98. The molecule has 0 aliphatic carbocycles. The van der Waals surface area contributed by atoms with E-state index in [2.05, 4.69) is 17.3 Å². The van der Waals surface area contributed by atoms with E-state index < -0.39 is 0 Å². The first-order valence-electron chi connectivity index (χ1n) is 4.00. The standard InChI is InChI=1S/C8H14N2S/c1-2-3-7-6-11-8(10-7)4-5-9/h6H,2-5,9H2,1H3. The Kier molecular flexibility index (Phi) is 3.52. The lowest BCUT2D eigenvalue weighted by atomic mass is 10.3. The van der Waals surface area contributed by atoms with Crippen molar-refractivity contribution in [2.45, 2.75) is 26.2 Å². The highest BCUT2D eigenvalue weighted by molar-refractivity contribution is 7.09. The van der Waals surface area contributed by atoms with E-state index in [-0.39, 0.29) is 0 Å². The van der Waals surface area contributed by atoms with E-state index in [1.807, 2.05) is 0 Å². The molecule has 3 heteroatoms. The number of rotatable bonds is 4. The summed E-state index contributed by atoms with van der Waals surface area (Å²) in [6, 6.07) is 0. The fourth-order valence-corrected chi connectivity index (χ4v) is 1.81. The second-order valence-electron chi connectivity index (χ2n) is 2.52. The van der Waals surface area contributed by atoms with Crippen LogP contribution in [-0.4, -0.2) is 11.5 Å². The molecule has 1 aromatic heterocycles. The molecule has 0 spiro atoms. The molecule has 0 fully saturated rings. The Balaban J connectivity index is 2.51. The zero-order valence-electron chi connectivity index (χ0n) is 6.84. The van der Waals surface area contributed by atoms with Crippen LogP contribution in [0.25, 0.3) is 0 Å². The largest absolute Gasteiger partial charge is 0.330 e. The third kappa shape index (κ3) is 2.60. The fourth-order valence-electron chi connectivity index (χ4n) is 0.958. The summed E-state index contributed by atoms with van der Waals surface area (Å²) in [6.45, 7) is 2.88. The summed E-state index contributed by atoms with van der Waals surface area (Å²) >= 11 is 1.72. The minimum absolute atomic E-state index is 0.707. The first-order valence-corrected chi connectivity index (χ1v) is 4.88. The van der Waals surface area contributed by atoms with Crippen molar-refractivity contribution in [3.8, 4) is 0 Å². The third-order valence-corrected chi connectivity index (χ3v) is 2.42. The molecule has 0 aromatic carbocycles. The predicted octanol–water partition coefficient (Wildman–Crippen LogP) is 1.60. The van der Waals surface area contributed by atoms with Crippen LogP contribution in [0, 0.1) is 0 Å². The van der Waals surface area contributed by atoms with Gasteiger partial charge in [0, 0.05) is 11.8 Å². The van der Waals surface area contributed by atoms with Gasteiger partial charge >= 0.3 is 0 Å². The summed E-state index contributed by atoms with van der Waals surface area (Å²) in [7, 11) is 0. The monoisotopic (exact) mass is 170 g/mol. The Hall–Kier alpha value is -0.410. The van der Waals surface area contributed by atoms with Gasteiger partial charge in [0.2, 0.25) is 0 Å². The van der Waals surface area contributed by atoms with Gasteiger partial charge in [0.1, 0.15) is 0 Å². The van der Waals surface area contributed by atoms with Gasteiger partial charge in [-0.2, -0.15) is 0 Å². The molecule has 0 radical (unpaired) electrons. The molecule has 1 rings (SSSR count). The van der Waals surface area contributed by atoms with Crippen LogP contribution in [0.2, 0.25) is 0 Å². The number of thiazole rings is 1. The average Bonchev–Trinajstić information content (AvgIpc) is 2.38. The van der Waals surface area contributed by atoms with Crippen LogP contribution in [0.3, 0.4) is 0 Å². The van der Waals surface area contributed by atoms with Gasteiger partial charge in [-0.1, -0.05) is 13.3 Å². The van der Waals surface area contributed by atoms with Gasteiger partial charge in [0.15, 0.2) is 0 Å². The van der Waals surface area contributed by atoms with Crippen molar-refractivity contribution in [1.29, 1.82) is 0 Å². The normalized spacial score (nSPS) is 10.4. The van der Waals surface area contributed by atoms with Gasteiger partial charge in [-0.05, 0) is 13.0 Å². The molecule has 0 aliphatic rings. The Morgan fingerprint density at radius 2 is 2.36 bits per heavy atom. The Morgan fingerprint density at radius 3 is 3.00 bits per heavy atom. The number of nitrogens with two attached hydrogens (primary N) is 1. The Morgan fingerprint density at radius 1 is 1.55 bits per heavy atom. The lowest BCUT2D eigenvalue weighted by molar-refractivity contribution is 0.870. The van der Waals surface area contributed by atoms with Crippen LogP contribution >= 0.6 is 11.3 Å². The molecule has 1 aromatic rings. The average molecular weight is 170 g/mol. The van der Waals surface area contributed by atoms with Crippen molar-refractivity contribution in [1.82, 2.24) is 4.98 Å². The number of hydrogen-bond acceptors (Lipinski definition) is 3. The van der Waals surface area contributed by atoms with E-state index >= 15 is 0 Å². The molecule has 2 nitrogen and oxygen atoms in total. The maximum Gasteiger partial charge on any atom is 0.0940 e. The third-order valence-electron chi connectivity index (χ3n) is 1.46. The molecule has 0 atom stereocenters. The van der Waals surface area contributed by atoms with Crippen LogP contribution in [-0.2, 0) is 12.8 Å². The van der Waals surface area contributed by atoms with Gasteiger partial charge in [-0.15, -0.1) is 11.3 Å². The van der Waals surface area contributed by atoms with Crippen LogP contribution in [0.5, 0.6) is 0 Å². The van der Waals surface area contributed by atoms with Gasteiger partial charge in [-0.25, -0.2) is 4.98 Å². The molecule has 0 saturated heterocycles. The van der Waals surface area contributed by atoms with Gasteiger partial charge in [0.05, 0.1) is 10.7 Å².